The zero-order valence-electron chi connectivity index (χ0n) is 14.5. The van der Waals surface area contributed by atoms with Gasteiger partial charge in [-0.2, -0.15) is 10.2 Å². The van der Waals surface area contributed by atoms with Crippen LogP contribution in [0.25, 0.3) is 11.3 Å². The molecule has 0 aromatic carbocycles. The minimum absolute atomic E-state index is 0.180. The van der Waals surface area contributed by atoms with Crippen molar-refractivity contribution in [3.63, 3.8) is 0 Å². The molecule has 2 fully saturated rings. The number of aryl methyl sites for hydroxylation is 2. The predicted octanol–water partition coefficient (Wildman–Crippen LogP) is -0.320. The van der Waals surface area contributed by atoms with Crippen molar-refractivity contribution >= 4 is 17.8 Å². The van der Waals surface area contributed by atoms with Gasteiger partial charge in [0, 0.05) is 44.6 Å². The number of rotatable bonds is 3. The van der Waals surface area contributed by atoms with E-state index in [0.717, 1.165) is 12.1 Å². The lowest BCUT2D eigenvalue weighted by Gasteiger charge is -2.35. The van der Waals surface area contributed by atoms with Crippen molar-refractivity contribution in [2.24, 2.45) is 7.05 Å². The molecular formula is C16H19N7O3. The fourth-order valence-corrected chi connectivity index (χ4v) is 3.38. The lowest BCUT2D eigenvalue weighted by Crippen LogP contribution is -2.54. The Morgan fingerprint density at radius 3 is 2.85 bits per heavy atom. The Bertz CT molecular complexity index is 900. The number of imide groups is 1. The Hall–Kier alpha value is -3.17. The number of nitrogens with zero attached hydrogens (tertiary/aromatic N) is 6. The number of amides is 4. The van der Waals surface area contributed by atoms with E-state index in [9.17, 15) is 14.4 Å². The van der Waals surface area contributed by atoms with Crippen LogP contribution in [0.5, 0.6) is 0 Å². The summed E-state index contributed by atoms with van der Waals surface area (Å²) in [5.74, 6) is -0.563. The Morgan fingerprint density at radius 1 is 1.31 bits per heavy atom. The Balaban J connectivity index is 1.61. The summed E-state index contributed by atoms with van der Waals surface area (Å²) in [5, 5.41) is 10.9. The number of urea groups is 1. The molecule has 10 nitrogen and oxygen atoms in total. The molecule has 2 saturated heterocycles. The highest BCUT2D eigenvalue weighted by atomic mass is 16.2. The Labute approximate surface area is 149 Å². The van der Waals surface area contributed by atoms with Crippen molar-refractivity contribution < 1.29 is 14.4 Å². The maximum Gasteiger partial charge on any atom is 0.324 e. The zero-order chi connectivity index (χ0) is 18.4. The van der Waals surface area contributed by atoms with Crippen LogP contribution in [0.3, 0.4) is 0 Å². The maximum absolute atomic E-state index is 13.1. The molecule has 10 heteroatoms. The van der Waals surface area contributed by atoms with Crippen molar-refractivity contribution in [3.05, 3.63) is 24.2 Å². The van der Waals surface area contributed by atoms with Crippen LogP contribution in [-0.4, -0.2) is 72.9 Å². The van der Waals surface area contributed by atoms with Crippen LogP contribution in [-0.2, 0) is 18.4 Å². The first-order valence-corrected chi connectivity index (χ1v) is 8.45. The van der Waals surface area contributed by atoms with Crippen LogP contribution in [0.2, 0.25) is 0 Å². The summed E-state index contributed by atoms with van der Waals surface area (Å²) < 4.78 is 3.36. The van der Waals surface area contributed by atoms with Crippen LogP contribution in [0.4, 0.5) is 4.79 Å². The van der Waals surface area contributed by atoms with Crippen molar-refractivity contribution in [1.82, 2.24) is 34.7 Å². The van der Waals surface area contributed by atoms with Gasteiger partial charge in [0.05, 0.1) is 18.3 Å². The van der Waals surface area contributed by atoms with Crippen LogP contribution in [0, 0.1) is 0 Å². The van der Waals surface area contributed by atoms with E-state index in [2.05, 4.69) is 15.5 Å². The zero-order valence-corrected chi connectivity index (χ0v) is 14.5. The third-order valence-electron chi connectivity index (χ3n) is 4.75. The van der Waals surface area contributed by atoms with E-state index in [0.29, 0.717) is 24.3 Å². The third-order valence-corrected chi connectivity index (χ3v) is 4.75. The number of hydrogen-bond acceptors (Lipinski definition) is 5. The largest absolute Gasteiger partial charge is 0.334 e. The van der Waals surface area contributed by atoms with Crippen LogP contribution in [0.1, 0.15) is 17.3 Å². The summed E-state index contributed by atoms with van der Waals surface area (Å²) in [5.41, 5.74) is 1.79. The second-order valence-corrected chi connectivity index (χ2v) is 6.40. The molecule has 4 rings (SSSR count). The molecule has 4 heterocycles. The highest BCUT2D eigenvalue weighted by Crippen LogP contribution is 2.24. The van der Waals surface area contributed by atoms with Gasteiger partial charge in [0.15, 0.2) is 0 Å². The summed E-state index contributed by atoms with van der Waals surface area (Å²) in [6.45, 7) is 3.59. The molecule has 2 aromatic heterocycles. The molecule has 2 aliphatic heterocycles. The van der Waals surface area contributed by atoms with Gasteiger partial charge in [0.25, 0.3) is 11.8 Å². The first-order chi connectivity index (χ1) is 12.5. The second-order valence-electron chi connectivity index (χ2n) is 6.40. The van der Waals surface area contributed by atoms with Gasteiger partial charge in [-0.25, -0.2) is 4.79 Å². The molecule has 136 valence electrons. The van der Waals surface area contributed by atoms with Crippen LogP contribution < -0.4 is 5.32 Å². The summed E-state index contributed by atoms with van der Waals surface area (Å²) in [4.78, 5) is 39.8. The topological polar surface area (TPSA) is 105 Å². The van der Waals surface area contributed by atoms with Gasteiger partial charge < -0.3 is 9.80 Å². The van der Waals surface area contributed by atoms with Crippen molar-refractivity contribution in [2.45, 2.75) is 19.5 Å². The van der Waals surface area contributed by atoms with E-state index in [1.54, 1.807) is 33.7 Å². The lowest BCUT2D eigenvalue weighted by atomic mass is 10.1. The molecule has 4 amide bonds. The molecule has 0 spiro atoms. The summed E-state index contributed by atoms with van der Waals surface area (Å²) in [6.07, 6.45) is 5.21. The number of carbonyl (C=O) groups is 3. The van der Waals surface area contributed by atoms with E-state index in [4.69, 9.17) is 0 Å². The van der Waals surface area contributed by atoms with Crippen molar-refractivity contribution in [1.29, 1.82) is 0 Å². The van der Waals surface area contributed by atoms with Crippen molar-refractivity contribution in [2.75, 3.05) is 19.6 Å². The number of piperazine rings is 1. The first kappa shape index (κ1) is 16.3. The number of nitrogens with one attached hydrogen (secondary N) is 1. The fourth-order valence-electron chi connectivity index (χ4n) is 3.38. The van der Waals surface area contributed by atoms with Crippen LogP contribution in [0.15, 0.2) is 18.6 Å². The molecule has 0 aliphatic carbocycles. The minimum atomic E-state index is -0.622. The minimum Gasteiger partial charge on any atom is -0.334 e. The summed E-state index contributed by atoms with van der Waals surface area (Å²) in [6, 6.07) is -1.01. The monoisotopic (exact) mass is 357 g/mol. The van der Waals surface area contributed by atoms with E-state index in [-0.39, 0.29) is 24.4 Å². The molecule has 2 aliphatic rings. The standard InChI is InChI=1S/C16H19N7O3/c1-3-22-7-10(6-17-22)13-11(8-20(2)19-13)15(25)21-4-5-23-12(9-21)14(24)18-16(23)26/h6-8,12H,3-5,9H2,1-2H3,(H,18,24,26). The molecule has 0 radical (unpaired) electrons. The molecule has 0 bridgehead atoms. The molecule has 1 atom stereocenters. The highest BCUT2D eigenvalue weighted by molar-refractivity contribution is 6.05. The highest BCUT2D eigenvalue weighted by Gasteiger charge is 2.43. The van der Waals surface area contributed by atoms with Gasteiger partial charge >= 0.3 is 6.03 Å². The van der Waals surface area contributed by atoms with Gasteiger partial charge in [0.2, 0.25) is 0 Å². The van der Waals surface area contributed by atoms with Gasteiger partial charge in [-0.15, -0.1) is 0 Å². The smallest absolute Gasteiger partial charge is 0.324 e. The molecule has 1 unspecified atom stereocenters. The Kier molecular flexibility index (Phi) is 3.74. The van der Waals surface area contributed by atoms with Crippen LogP contribution >= 0.6 is 0 Å². The predicted molar refractivity (Wildman–Crippen MR) is 90.0 cm³/mol. The Morgan fingerprint density at radius 2 is 2.12 bits per heavy atom. The number of aromatic nitrogens is 4. The second kappa shape index (κ2) is 5.97. The van der Waals surface area contributed by atoms with E-state index in [1.165, 1.54) is 4.90 Å². The summed E-state index contributed by atoms with van der Waals surface area (Å²) in [7, 11) is 1.76. The molecule has 0 saturated carbocycles. The normalized spacial score (nSPS) is 19.7. The fraction of sp³-hybridized carbons (Fsp3) is 0.438. The molecule has 2 aromatic rings. The maximum atomic E-state index is 13.1. The van der Waals surface area contributed by atoms with Gasteiger partial charge in [0.1, 0.15) is 11.7 Å². The number of hydrogen-bond donors (Lipinski definition) is 1. The van der Waals surface area contributed by atoms with Gasteiger partial charge in [-0.1, -0.05) is 0 Å². The van der Waals surface area contributed by atoms with Crippen molar-refractivity contribution in [3.8, 4) is 11.3 Å². The first-order valence-electron chi connectivity index (χ1n) is 8.45. The lowest BCUT2D eigenvalue weighted by molar-refractivity contribution is -0.122. The molecule has 26 heavy (non-hydrogen) atoms. The number of fused-ring (bicyclic) bond motifs is 1. The number of carbonyl (C=O) groups excluding carboxylic acids is 3. The van der Waals surface area contributed by atoms with Gasteiger partial charge in [-0.05, 0) is 6.92 Å². The van der Waals surface area contributed by atoms with Gasteiger partial charge in [-0.3, -0.25) is 24.3 Å². The summed E-state index contributed by atoms with van der Waals surface area (Å²) >= 11 is 0. The van der Waals surface area contributed by atoms with E-state index in [1.807, 2.05) is 13.1 Å². The van der Waals surface area contributed by atoms with E-state index >= 15 is 0 Å². The third kappa shape index (κ3) is 2.54. The quantitative estimate of drug-likeness (QED) is 0.758. The average molecular weight is 357 g/mol. The molecule has 1 N–H and O–H groups in total. The molecular weight excluding hydrogens is 338 g/mol. The van der Waals surface area contributed by atoms with E-state index < -0.39 is 6.04 Å². The SMILES string of the molecule is CCn1cc(-c2nn(C)cc2C(=O)N2CCN3C(=O)NC(=O)C3C2)cn1. The average Bonchev–Trinajstić information content (AvgIpc) is 3.32.